The molecule has 0 spiro atoms. The quantitative estimate of drug-likeness (QED) is 0.506. The van der Waals surface area contributed by atoms with E-state index >= 15 is 0 Å². The first-order valence-electron chi connectivity index (χ1n) is 3.93. The summed E-state index contributed by atoms with van der Waals surface area (Å²) < 4.78 is 35.9. The molecule has 0 bridgehead atoms. The van der Waals surface area contributed by atoms with E-state index in [0.29, 0.717) is 19.8 Å². The number of hydrogen-bond donors (Lipinski definition) is 1. The van der Waals surface area contributed by atoms with Gasteiger partial charge in [-0.05, 0) is 0 Å². The van der Waals surface area contributed by atoms with Crippen molar-refractivity contribution in [2.75, 3.05) is 38.6 Å². The average Bonchev–Trinajstić information content (AvgIpc) is 2.02. The van der Waals surface area contributed by atoms with Gasteiger partial charge in [0.15, 0.2) is 0 Å². The van der Waals surface area contributed by atoms with Gasteiger partial charge >= 0.3 is 68.9 Å². The van der Waals surface area contributed by atoms with Crippen LogP contribution in [-0.2, 0) is 14.9 Å². The molecule has 1 aliphatic heterocycles. The van der Waals surface area contributed by atoms with Crippen molar-refractivity contribution in [2.24, 2.45) is 0 Å². The molecule has 1 heterocycles. The second-order valence-corrected chi connectivity index (χ2v) is 4.40. The molecule has 0 atom stereocenters. The first kappa shape index (κ1) is 18.5. The molecular weight excluding hydrogens is 350 g/mol. The first-order chi connectivity index (χ1) is 5.58. The molecule has 1 rings (SSSR count). The Labute approximate surface area is 150 Å². The Morgan fingerprint density at radius 3 is 2.21 bits per heavy atom. The molecule has 0 aliphatic carbocycles. The minimum atomic E-state index is -4.04. The van der Waals surface area contributed by atoms with Crippen LogP contribution in [0.4, 0.5) is 0 Å². The fraction of sp³-hybridized carbons (Fsp3) is 1.00. The Bertz CT molecular complexity index is 230. The minimum Gasteiger partial charge on any atom is -1.00 e. The normalized spacial score (nSPS) is 18.1. The van der Waals surface area contributed by atoms with E-state index in [9.17, 15) is 13.0 Å². The van der Waals surface area contributed by atoms with Gasteiger partial charge < -0.3 is 26.6 Å². The molecule has 1 aliphatic rings. The molecule has 0 aromatic carbocycles. The zero-order valence-corrected chi connectivity index (χ0v) is 16.0. The third-order valence-corrected chi connectivity index (χ3v) is 2.61. The maximum absolute atomic E-state index is 10.3. The van der Waals surface area contributed by atoms with Gasteiger partial charge in [0, 0.05) is 0 Å². The van der Waals surface area contributed by atoms with Crippen molar-refractivity contribution in [3.05, 3.63) is 0 Å². The van der Waals surface area contributed by atoms with Crippen molar-refractivity contribution >= 4 is 10.1 Å². The molecule has 1 saturated heterocycles. The van der Waals surface area contributed by atoms with Crippen LogP contribution in [0, 0.1) is 0 Å². The van der Waals surface area contributed by atoms with Crippen LogP contribution >= 0.6 is 0 Å². The first-order valence-corrected chi connectivity index (χ1v) is 5.50. The molecule has 0 unspecified atom stereocenters. The molecule has 5 nitrogen and oxygen atoms in total. The Kier molecular flexibility index (Phi) is 12.2. The Morgan fingerprint density at radius 1 is 1.29 bits per heavy atom. The van der Waals surface area contributed by atoms with Crippen molar-refractivity contribution < 1.29 is 104 Å². The third kappa shape index (κ3) is 9.40. The Morgan fingerprint density at radius 2 is 1.79 bits per heavy atom. The van der Waals surface area contributed by atoms with Crippen molar-refractivity contribution in [3.8, 4) is 0 Å². The molecule has 8 heteroatoms. The maximum atomic E-state index is 10.3. The number of nitrogens with one attached hydrogen (secondary N) is 1. The fourth-order valence-corrected chi connectivity index (χ4v) is 1.72. The SMILES string of the molecule is O=S(=O)([O-])CC[NH+]1CCOCC1.[Cl-].[Cs+]. The smallest absolute Gasteiger partial charge is 1.00 e. The van der Waals surface area contributed by atoms with Crippen molar-refractivity contribution in [2.45, 2.75) is 0 Å². The monoisotopic (exact) mass is 363 g/mol. The van der Waals surface area contributed by atoms with Crippen LogP contribution in [0.2, 0.25) is 0 Å². The van der Waals surface area contributed by atoms with E-state index in [1.807, 2.05) is 0 Å². The molecule has 0 aromatic heterocycles. The molecule has 80 valence electrons. The molecule has 0 aromatic rings. The van der Waals surface area contributed by atoms with E-state index in [0.717, 1.165) is 18.0 Å². The van der Waals surface area contributed by atoms with E-state index in [2.05, 4.69) is 0 Å². The van der Waals surface area contributed by atoms with Crippen LogP contribution < -0.4 is 86.2 Å². The topological polar surface area (TPSA) is 70.9 Å². The van der Waals surface area contributed by atoms with Gasteiger partial charge in [0.25, 0.3) is 0 Å². The second kappa shape index (κ2) is 9.23. The molecule has 1 N–H and O–H groups in total. The van der Waals surface area contributed by atoms with Gasteiger partial charge in [0.05, 0.1) is 25.5 Å². The summed E-state index contributed by atoms with van der Waals surface area (Å²) in [5.74, 6) is -0.262. The summed E-state index contributed by atoms with van der Waals surface area (Å²) in [6, 6.07) is 0. The standard InChI is InChI=1S/C6H13NO4S.ClH.Cs/c8-12(9,10)6-3-7-1-4-11-5-2-7;;/h1-6H2,(H,8,9,10);1H;/q;;+1/p-1. The Balaban J connectivity index is 0. The number of morpholine rings is 1. The van der Waals surface area contributed by atoms with Gasteiger partial charge in [-0.15, -0.1) is 0 Å². The average molecular weight is 364 g/mol. The van der Waals surface area contributed by atoms with Gasteiger partial charge in [-0.2, -0.15) is 0 Å². The summed E-state index contributed by atoms with van der Waals surface area (Å²) in [7, 11) is -4.04. The number of halogens is 1. The fourth-order valence-electron chi connectivity index (χ4n) is 1.18. The van der Waals surface area contributed by atoms with E-state index in [1.54, 1.807) is 0 Å². The minimum absolute atomic E-state index is 0. The van der Waals surface area contributed by atoms with Crippen LogP contribution in [0.3, 0.4) is 0 Å². The number of rotatable bonds is 3. The van der Waals surface area contributed by atoms with Gasteiger partial charge in [0.1, 0.15) is 23.2 Å². The molecule has 0 amide bonds. The van der Waals surface area contributed by atoms with E-state index in [-0.39, 0.29) is 87.1 Å². The third-order valence-electron chi connectivity index (χ3n) is 1.91. The van der Waals surface area contributed by atoms with Gasteiger partial charge in [0.2, 0.25) is 0 Å². The summed E-state index contributed by atoms with van der Waals surface area (Å²) in [5, 5.41) is 0. The van der Waals surface area contributed by atoms with Gasteiger partial charge in [-0.3, -0.25) is 0 Å². The second-order valence-electron chi connectivity index (χ2n) is 2.87. The molecule has 14 heavy (non-hydrogen) atoms. The zero-order valence-electron chi connectivity index (χ0n) is 8.16. The van der Waals surface area contributed by atoms with Gasteiger partial charge in [-0.25, -0.2) is 8.42 Å². The van der Waals surface area contributed by atoms with Crippen LogP contribution in [0.1, 0.15) is 0 Å². The van der Waals surface area contributed by atoms with Crippen molar-refractivity contribution in [1.82, 2.24) is 0 Å². The summed E-state index contributed by atoms with van der Waals surface area (Å²) >= 11 is 0. The van der Waals surface area contributed by atoms with Crippen molar-refractivity contribution in [3.63, 3.8) is 0 Å². The summed E-state index contributed by atoms with van der Waals surface area (Å²) in [5.41, 5.74) is 0. The molecule has 1 fully saturated rings. The number of hydrogen-bond acceptors (Lipinski definition) is 4. The van der Waals surface area contributed by atoms with Crippen LogP contribution in [-0.4, -0.2) is 51.6 Å². The van der Waals surface area contributed by atoms with Crippen molar-refractivity contribution in [1.29, 1.82) is 0 Å². The van der Waals surface area contributed by atoms with Gasteiger partial charge in [-0.1, -0.05) is 0 Å². The number of quaternary nitrogens is 1. The van der Waals surface area contributed by atoms with E-state index in [4.69, 9.17) is 4.74 Å². The predicted molar refractivity (Wildman–Crippen MR) is 40.9 cm³/mol. The molecule has 0 saturated carbocycles. The summed E-state index contributed by atoms with van der Waals surface area (Å²) in [6.45, 7) is 3.34. The van der Waals surface area contributed by atoms with E-state index < -0.39 is 10.1 Å². The Hall–Kier alpha value is 2.17. The summed E-state index contributed by atoms with van der Waals surface area (Å²) in [4.78, 5) is 1.14. The maximum Gasteiger partial charge on any atom is 1.00 e. The number of ether oxygens (including phenoxy) is 1. The van der Waals surface area contributed by atoms with E-state index in [1.165, 1.54) is 0 Å². The van der Waals surface area contributed by atoms with Crippen LogP contribution in [0.5, 0.6) is 0 Å². The predicted octanol–water partition coefficient (Wildman–Crippen LogP) is -8.55. The zero-order chi connectivity index (χ0) is 9.03. The molecule has 0 radical (unpaired) electrons. The summed E-state index contributed by atoms with van der Waals surface area (Å²) in [6.07, 6.45) is 0. The van der Waals surface area contributed by atoms with Crippen LogP contribution in [0.15, 0.2) is 0 Å². The molecular formula is C6H13ClCsNO4S. The van der Waals surface area contributed by atoms with Crippen LogP contribution in [0.25, 0.3) is 0 Å². The largest absolute Gasteiger partial charge is 1.00 e.